The lowest BCUT2D eigenvalue weighted by molar-refractivity contribution is 0.0995. The van der Waals surface area contributed by atoms with Gasteiger partial charge in [-0.3, -0.25) is 0 Å². The van der Waals surface area contributed by atoms with E-state index in [1.165, 1.54) is 19.3 Å². The first-order valence-electron chi connectivity index (χ1n) is 6.46. The summed E-state index contributed by atoms with van der Waals surface area (Å²) in [7, 11) is 2.27. The van der Waals surface area contributed by atoms with Gasteiger partial charge in [-0.1, -0.05) is 13.8 Å². The maximum absolute atomic E-state index is 5.62. The number of hydrogen-bond acceptors (Lipinski definition) is 2. The molecule has 0 aromatic heterocycles. The van der Waals surface area contributed by atoms with E-state index in [9.17, 15) is 0 Å². The second kappa shape index (κ2) is 5.86. The van der Waals surface area contributed by atoms with Crippen molar-refractivity contribution < 1.29 is 0 Å². The molecule has 0 heterocycles. The predicted octanol–water partition coefficient (Wildman–Crippen LogP) is 2.48. The molecule has 1 fully saturated rings. The van der Waals surface area contributed by atoms with Crippen LogP contribution in [0.4, 0.5) is 0 Å². The summed E-state index contributed by atoms with van der Waals surface area (Å²) < 4.78 is 0. The van der Waals surface area contributed by atoms with Gasteiger partial charge in [0.2, 0.25) is 0 Å². The Bertz CT molecular complexity index is 171. The quantitative estimate of drug-likeness (QED) is 0.776. The van der Waals surface area contributed by atoms with Gasteiger partial charge in [-0.2, -0.15) is 0 Å². The number of nitrogens with zero attached hydrogens (tertiary/aromatic N) is 1. The van der Waals surface area contributed by atoms with Crippen molar-refractivity contribution in [1.29, 1.82) is 0 Å². The smallest absolute Gasteiger partial charge is 0.0100 e. The molecule has 1 aliphatic rings. The topological polar surface area (TPSA) is 29.3 Å². The third-order valence-corrected chi connectivity index (χ3v) is 4.01. The van der Waals surface area contributed by atoms with Crippen molar-refractivity contribution in [2.24, 2.45) is 17.6 Å². The molecule has 1 rings (SSSR count). The highest BCUT2D eigenvalue weighted by atomic mass is 15.2. The summed E-state index contributed by atoms with van der Waals surface area (Å²) in [6, 6.07) is 1.42. The molecule has 2 heteroatoms. The van der Waals surface area contributed by atoms with E-state index < -0.39 is 0 Å². The van der Waals surface area contributed by atoms with Gasteiger partial charge in [0, 0.05) is 12.1 Å². The minimum atomic E-state index is 0.637. The molecular formula is C13H28N2. The van der Waals surface area contributed by atoms with E-state index in [1.54, 1.807) is 0 Å². The minimum absolute atomic E-state index is 0.637. The van der Waals surface area contributed by atoms with Crippen molar-refractivity contribution in [3.63, 3.8) is 0 Å². The molecule has 2 N–H and O–H groups in total. The lowest BCUT2D eigenvalue weighted by atomic mass is 9.79. The normalized spacial score (nSPS) is 34.4. The Morgan fingerprint density at radius 2 is 1.73 bits per heavy atom. The van der Waals surface area contributed by atoms with Crippen molar-refractivity contribution in [3.05, 3.63) is 0 Å². The molecule has 2 nitrogen and oxygen atoms in total. The molecule has 0 spiro atoms. The molecule has 3 unspecified atom stereocenters. The van der Waals surface area contributed by atoms with E-state index in [4.69, 9.17) is 5.73 Å². The fourth-order valence-electron chi connectivity index (χ4n) is 3.04. The zero-order valence-corrected chi connectivity index (χ0v) is 10.9. The van der Waals surface area contributed by atoms with E-state index >= 15 is 0 Å². The average molecular weight is 212 g/mol. The van der Waals surface area contributed by atoms with Crippen LogP contribution in [0.25, 0.3) is 0 Å². The van der Waals surface area contributed by atoms with Gasteiger partial charge in [-0.05, 0) is 58.0 Å². The summed E-state index contributed by atoms with van der Waals surface area (Å²) in [5.74, 6) is 1.79. The first-order valence-corrected chi connectivity index (χ1v) is 6.46. The Morgan fingerprint density at radius 3 is 2.20 bits per heavy atom. The van der Waals surface area contributed by atoms with Crippen LogP contribution in [0.1, 0.15) is 46.5 Å². The Morgan fingerprint density at radius 1 is 1.20 bits per heavy atom. The van der Waals surface area contributed by atoms with Crippen LogP contribution >= 0.6 is 0 Å². The Hall–Kier alpha value is -0.0800. The minimum Gasteiger partial charge on any atom is -0.330 e. The summed E-state index contributed by atoms with van der Waals surface area (Å²) in [4.78, 5) is 2.55. The largest absolute Gasteiger partial charge is 0.330 e. The molecular weight excluding hydrogens is 184 g/mol. The van der Waals surface area contributed by atoms with Crippen LogP contribution in [-0.4, -0.2) is 30.6 Å². The van der Waals surface area contributed by atoms with Crippen LogP contribution in [-0.2, 0) is 0 Å². The van der Waals surface area contributed by atoms with E-state index in [1.807, 2.05) is 0 Å². The van der Waals surface area contributed by atoms with Crippen molar-refractivity contribution in [2.45, 2.75) is 58.5 Å². The maximum Gasteiger partial charge on any atom is 0.0100 e. The maximum atomic E-state index is 5.62. The SMILES string of the molecule is CC1CC(C)CC(N(C)C(C)CCN)C1. The molecule has 0 aliphatic heterocycles. The monoisotopic (exact) mass is 212 g/mol. The predicted molar refractivity (Wildman–Crippen MR) is 66.9 cm³/mol. The van der Waals surface area contributed by atoms with Gasteiger partial charge in [0.05, 0.1) is 0 Å². The first kappa shape index (κ1) is 13.0. The molecule has 0 aromatic carbocycles. The molecule has 0 radical (unpaired) electrons. The van der Waals surface area contributed by atoms with Gasteiger partial charge in [0.25, 0.3) is 0 Å². The highest BCUT2D eigenvalue weighted by Gasteiger charge is 2.28. The summed E-state index contributed by atoms with van der Waals surface area (Å²) in [6.07, 6.45) is 5.27. The highest BCUT2D eigenvalue weighted by Crippen LogP contribution is 2.31. The summed E-state index contributed by atoms with van der Waals surface area (Å²) in [6.45, 7) is 7.90. The molecule has 0 bridgehead atoms. The van der Waals surface area contributed by atoms with E-state index in [0.29, 0.717) is 6.04 Å². The third-order valence-electron chi connectivity index (χ3n) is 4.01. The number of nitrogens with two attached hydrogens (primary N) is 1. The second-order valence-corrected chi connectivity index (χ2v) is 5.66. The lowest BCUT2D eigenvalue weighted by Crippen LogP contribution is -2.43. The van der Waals surface area contributed by atoms with Crippen LogP contribution in [0.3, 0.4) is 0 Å². The van der Waals surface area contributed by atoms with Gasteiger partial charge < -0.3 is 10.6 Å². The standard InChI is InChI=1S/C13H28N2/c1-10-7-11(2)9-13(8-10)15(4)12(3)5-6-14/h10-13H,5-9,14H2,1-4H3. The van der Waals surface area contributed by atoms with Gasteiger partial charge in [-0.25, -0.2) is 0 Å². The average Bonchev–Trinajstić information content (AvgIpc) is 2.15. The molecule has 1 saturated carbocycles. The highest BCUT2D eigenvalue weighted by molar-refractivity contribution is 4.82. The fourth-order valence-corrected chi connectivity index (χ4v) is 3.04. The summed E-state index contributed by atoms with van der Waals surface area (Å²) in [5, 5.41) is 0. The summed E-state index contributed by atoms with van der Waals surface area (Å²) in [5.41, 5.74) is 5.62. The Labute approximate surface area is 95.2 Å². The van der Waals surface area contributed by atoms with Gasteiger partial charge in [-0.15, -0.1) is 0 Å². The van der Waals surface area contributed by atoms with Crippen molar-refractivity contribution in [3.8, 4) is 0 Å². The Kier molecular flexibility index (Phi) is 5.07. The van der Waals surface area contributed by atoms with Gasteiger partial charge in [0.1, 0.15) is 0 Å². The molecule has 1 aliphatic carbocycles. The van der Waals surface area contributed by atoms with Crippen LogP contribution in [0.5, 0.6) is 0 Å². The third kappa shape index (κ3) is 3.76. The number of hydrogen-bond donors (Lipinski definition) is 1. The van der Waals surface area contributed by atoms with E-state index in [-0.39, 0.29) is 0 Å². The molecule has 0 amide bonds. The lowest BCUT2D eigenvalue weighted by Gasteiger charge is -2.40. The van der Waals surface area contributed by atoms with Crippen molar-refractivity contribution in [2.75, 3.05) is 13.6 Å². The van der Waals surface area contributed by atoms with Crippen molar-refractivity contribution in [1.82, 2.24) is 4.90 Å². The van der Waals surface area contributed by atoms with Crippen LogP contribution in [0.2, 0.25) is 0 Å². The zero-order valence-electron chi connectivity index (χ0n) is 10.9. The van der Waals surface area contributed by atoms with Crippen LogP contribution in [0, 0.1) is 11.8 Å². The molecule has 0 aromatic rings. The number of rotatable bonds is 4. The molecule has 3 atom stereocenters. The fraction of sp³-hybridized carbons (Fsp3) is 1.00. The molecule has 90 valence electrons. The van der Waals surface area contributed by atoms with Crippen LogP contribution < -0.4 is 5.73 Å². The van der Waals surface area contributed by atoms with Gasteiger partial charge >= 0.3 is 0 Å². The van der Waals surface area contributed by atoms with E-state index in [0.717, 1.165) is 30.8 Å². The second-order valence-electron chi connectivity index (χ2n) is 5.66. The van der Waals surface area contributed by atoms with Gasteiger partial charge in [0.15, 0.2) is 0 Å². The van der Waals surface area contributed by atoms with E-state index in [2.05, 4.69) is 32.7 Å². The summed E-state index contributed by atoms with van der Waals surface area (Å²) >= 11 is 0. The molecule has 15 heavy (non-hydrogen) atoms. The first-order chi connectivity index (χ1) is 7.04. The van der Waals surface area contributed by atoms with Crippen molar-refractivity contribution >= 4 is 0 Å². The molecule has 0 saturated heterocycles. The Balaban J connectivity index is 2.47. The van der Waals surface area contributed by atoms with Crippen LogP contribution in [0.15, 0.2) is 0 Å². The zero-order chi connectivity index (χ0) is 11.4.